The summed E-state index contributed by atoms with van der Waals surface area (Å²) in [5, 5.41) is 26.6. The van der Waals surface area contributed by atoms with Crippen LogP contribution in [0.25, 0.3) is 0 Å². The van der Waals surface area contributed by atoms with Crippen molar-refractivity contribution < 1.29 is 20.1 Å². The predicted octanol–water partition coefficient (Wildman–Crippen LogP) is -0.483. The van der Waals surface area contributed by atoms with E-state index in [9.17, 15) is 0 Å². The molecule has 2 unspecified atom stereocenters. The van der Waals surface area contributed by atoms with Crippen LogP contribution in [0, 0.1) is 0 Å². The summed E-state index contributed by atoms with van der Waals surface area (Å²) in [5.74, 6) is 0. The highest BCUT2D eigenvalue weighted by Crippen LogP contribution is 2.03. The maximum Gasteiger partial charge on any atom is 0.0773 e. The first-order valence-electron chi connectivity index (χ1n) is 4.16. The van der Waals surface area contributed by atoms with Crippen molar-refractivity contribution in [2.75, 3.05) is 20.3 Å². The first-order valence-corrected chi connectivity index (χ1v) is 4.16. The Labute approximate surface area is 72.8 Å². The fourth-order valence-corrected chi connectivity index (χ4v) is 0.956. The smallest absolute Gasteiger partial charge is 0.0773 e. The Kier molecular flexibility index (Phi) is 7.39. The van der Waals surface area contributed by atoms with Gasteiger partial charge in [0.25, 0.3) is 0 Å². The molecule has 0 rings (SSSR count). The molecule has 0 aliphatic rings. The van der Waals surface area contributed by atoms with Crippen molar-refractivity contribution in [3.8, 4) is 0 Å². The molecule has 0 spiro atoms. The lowest BCUT2D eigenvalue weighted by atomic mass is 10.1. The van der Waals surface area contributed by atoms with Crippen LogP contribution in [0.15, 0.2) is 0 Å². The van der Waals surface area contributed by atoms with E-state index in [4.69, 9.17) is 20.1 Å². The quantitative estimate of drug-likeness (QED) is 0.492. The van der Waals surface area contributed by atoms with Crippen molar-refractivity contribution in [1.29, 1.82) is 0 Å². The number of methoxy groups -OCH3 is 1. The zero-order valence-corrected chi connectivity index (χ0v) is 7.44. The van der Waals surface area contributed by atoms with E-state index in [1.54, 1.807) is 0 Å². The molecule has 0 fully saturated rings. The van der Waals surface area contributed by atoms with Crippen LogP contribution < -0.4 is 0 Å². The molecule has 2 atom stereocenters. The van der Waals surface area contributed by atoms with Crippen LogP contribution in [0.3, 0.4) is 0 Å². The fraction of sp³-hybridized carbons (Fsp3) is 1.00. The molecule has 0 aliphatic heterocycles. The van der Waals surface area contributed by atoms with Crippen LogP contribution in [0.4, 0.5) is 0 Å². The van der Waals surface area contributed by atoms with E-state index in [2.05, 4.69) is 0 Å². The Morgan fingerprint density at radius 2 is 1.75 bits per heavy atom. The zero-order chi connectivity index (χ0) is 9.40. The second-order valence-corrected chi connectivity index (χ2v) is 2.88. The molecule has 3 N–H and O–H groups in total. The number of ether oxygens (including phenoxy) is 1. The molecule has 0 aromatic heterocycles. The van der Waals surface area contributed by atoms with Crippen molar-refractivity contribution >= 4 is 0 Å². The van der Waals surface area contributed by atoms with Gasteiger partial charge in [-0.3, -0.25) is 0 Å². The third-order valence-electron chi connectivity index (χ3n) is 1.64. The summed E-state index contributed by atoms with van der Waals surface area (Å²) >= 11 is 0. The second kappa shape index (κ2) is 7.49. The summed E-state index contributed by atoms with van der Waals surface area (Å²) in [6.07, 6.45) is 0.717. The maximum absolute atomic E-state index is 9.17. The highest BCUT2D eigenvalue weighted by molar-refractivity contribution is 4.58. The van der Waals surface area contributed by atoms with Gasteiger partial charge in [0, 0.05) is 7.11 Å². The van der Waals surface area contributed by atoms with Gasteiger partial charge < -0.3 is 20.1 Å². The molecule has 0 saturated heterocycles. The van der Waals surface area contributed by atoms with Gasteiger partial charge in [0.15, 0.2) is 0 Å². The van der Waals surface area contributed by atoms with Crippen molar-refractivity contribution in [1.82, 2.24) is 0 Å². The van der Waals surface area contributed by atoms with Crippen molar-refractivity contribution in [2.45, 2.75) is 31.5 Å². The number of rotatable bonds is 7. The lowest BCUT2D eigenvalue weighted by Crippen LogP contribution is -2.16. The van der Waals surface area contributed by atoms with Gasteiger partial charge in [0.05, 0.1) is 25.4 Å². The second-order valence-electron chi connectivity index (χ2n) is 2.88. The molecular weight excluding hydrogens is 160 g/mol. The number of aliphatic hydroxyl groups is 3. The summed E-state index contributed by atoms with van der Waals surface area (Å²) in [6.45, 7) is 0.121. The Morgan fingerprint density at radius 3 is 2.25 bits per heavy atom. The van der Waals surface area contributed by atoms with Crippen molar-refractivity contribution in [2.24, 2.45) is 0 Å². The van der Waals surface area contributed by atoms with Crippen molar-refractivity contribution in [3.05, 3.63) is 0 Å². The van der Waals surface area contributed by atoms with E-state index in [1.165, 1.54) is 7.11 Å². The van der Waals surface area contributed by atoms with Gasteiger partial charge >= 0.3 is 0 Å². The van der Waals surface area contributed by atoms with Gasteiger partial charge in [-0.2, -0.15) is 0 Å². The van der Waals surface area contributed by atoms with E-state index < -0.39 is 12.2 Å². The molecule has 0 aromatic carbocycles. The number of aliphatic hydroxyl groups excluding tert-OH is 3. The SMILES string of the molecule is COCC(O)CCCC(O)CO. The van der Waals surface area contributed by atoms with Crippen molar-refractivity contribution in [3.63, 3.8) is 0 Å². The van der Waals surface area contributed by atoms with E-state index in [1.807, 2.05) is 0 Å². The minimum atomic E-state index is -0.653. The van der Waals surface area contributed by atoms with Gasteiger partial charge in [-0.25, -0.2) is 0 Å². The van der Waals surface area contributed by atoms with E-state index in [-0.39, 0.29) is 6.61 Å². The van der Waals surface area contributed by atoms with E-state index in [0.717, 1.165) is 0 Å². The average molecular weight is 178 g/mol. The van der Waals surface area contributed by atoms with Crippen LogP contribution >= 0.6 is 0 Å². The Morgan fingerprint density at radius 1 is 1.17 bits per heavy atom. The summed E-state index contributed by atoms with van der Waals surface area (Å²) in [5.41, 5.74) is 0. The molecule has 74 valence electrons. The van der Waals surface area contributed by atoms with Gasteiger partial charge in [0.2, 0.25) is 0 Å². The number of hydrogen-bond donors (Lipinski definition) is 3. The van der Waals surface area contributed by atoms with E-state index in [0.29, 0.717) is 25.9 Å². The highest BCUT2D eigenvalue weighted by Gasteiger charge is 2.05. The molecule has 0 aromatic rings. The maximum atomic E-state index is 9.17. The van der Waals surface area contributed by atoms with Gasteiger partial charge in [-0.05, 0) is 19.3 Å². The van der Waals surface area contributed by atoms with Gasteiger partial charge in [-0.1, -0.05) is 0 Å². The minimum absolute atomic E-state index is 0.208. The summed E-state index contributed by atoms with van der Waals surface area (Å²) < 4.78 is 4.73. The van der Waals surface area contributed by atoms with Crippen LogP contribution in [0.5, 0.6) is 0 Å². The molecule has 12 heavy (non-hydrogen) atoms. The molecule has 0 bridgehead atoms. The molecular formula is C8H18O4. The van der Waals surface area contributed by atoms with Gasteiger partial charge in [0.1, 0.15) is 0 Å². The topological polar surface area (TPSA) is 69.9 Å². The standard InChI is InChI=1S/C8H18O4/c1-12-6-8(11)4-2-3-7(10)5-9/h7-11H,2-6H2,1H3. The Hall–Kier alpha value is -0.160. The van der Waals surface area contributed by atoms with Crippen LogP contribution in [-0.4, -0.2) is 47.9 Å². The largest absolute Gasteiger partial charge is 0.394 e. The summed E-state index contributed by atoms with van der Waals surface area (Å²) in [7, 11) is 1.53. The summed E-state index contributed by atoms with van der Waals surface area (Å²) in [4.78, 5) is 0. The molecule has 0 amide bonds. The fourth-order valence-electron chi connectivity index (χ4n) is 0.956. The first kappa shape index (κ1) is 11.8. The number of hydrogen-bond acceptors (Lipinski definition) is 4. The Bertz CT molecular complexity index is 97.1. The lowest BCUT2D eigenvalue weighted by molar-refractivity contribution is 0.0487. The zero-order valence-electron chi connectivity index (χ0n) is 7.44. The molecule has 0 heterocycles. The molecule has 0 radical (unpaired) electrons. The van der Waals surface area contributed by atoms with Crippen LogP contribution in [0.2, 0.25) is 0 Å². The highest BCUT2D eigenvalue weighted by atomic mass is 16.5. The Balaban J connectivity index is 3.18. The third-order valence-corrected chi connectivity index (χ3v) is 1.64. The molecule has 4 heteroatoms. The third kappa shape index (κ3) is 6.54. The van der Waals surface area contributed by atoms with Gasteiger partial charge in [-0.15, -0.1) is 0 Å². The monoisotopic (exact) mass is 178 g/mol. The molecule has 0 aliphatic carbocycles. The molecule has 4 nitrogen and oxygen atoms in total. The van der Waals surface area contributed by atoms with E-state index >= 15 is 0 Å². The lowest BCUT2D eigenvalue weighted by Gasteiger charge is -2.10. The minimum Gasteiger partial charge on any atom is -0.394 e. The predicted molar refractivity (Wildman–Crippen MR) is 44.8 cm³/mol. The normalized spacial score (nSPS) is 16.0. The van der Waals surface area contributed by atoms with Crippen LogP contribution in [-0.2, 0) is 4.74 Å². The summed E-state index contributed by atoms with van der Waals surface area (Å²) in [6, 6.07) is 0. The molecule has 0 saturated carbocycles. The van der Waals surface area contributed by atoms with Crippen LogP contribution in [0.1, 0.15) is 19.3 Å². The average Bonchev–Trinajstić information content (AvgIpc) is 2.04. The first-order chi connectivity index (χ1) is 5.70.